The molecule has 0 saturated carbocycles. The molecule has 1 N–H and O–H groups in total. The van der Waals surface area contributed by atoms with Crippen molar-refractivity contribution in [2.45, 2.75) is 0 Å². The number of rotatable bonds is 4. The molecule has 0 saturated heterocycles. The Labute approximate surface area is 56.0 Å². The Balaban J connectivity index is 3.08. The lowest BCUT2D eigenvalue weighted by Crippen LogP contribution is -2.09. The smallest absolute Gasteiger partial charge is 0.0822 e. The fraction of sp³-hybridized carbons (Fsp3) is 0.286. The van der Waals surface area contributed by atoms with Gasteiger partial charge in [-0.15, -0.1) is 0 Å². The number of aliphatic imine (C=N–C) groups is 1. The normalized spacial score (nSPS) is 10.8. The zero-order valence-corrected chi connectivity index (χ0v) is 5.67. The van der Waals surface area contributed by atoms with E-state index in [0.29, 0.717) is 0 Å². The number of hydrogen-bond donors (Lipinski definition) is 1. The summed E-state index contributed by atoms with van der Waals surface area (Å²) >= 11 is 0. The zero-order chi connectivity index (χ0) is 6.95. The second kappa shape index (κ2) is 6.95. The van der Waals surface area contributed by atoms with Crippen molar-refractivity contribution in [2.75, 3.05) is 13.6 Å². The van der Waals surface area contributed by atoms with Crippen LogP contribution in [0.25, 0.3) is 0 Å². The average Bonchev–Trinajstić information content (AvgIpc) is 1.89. The Hall–Kier alpha value is -1.05. The second-order valence-corrected chi connectivity index (χ2v) is 1.46. The highest BCUT2D eigenvalue weighted by Crippen LogP contribution is 1.68. The van der Waals surface area contributed by atoms with Gasteiger partial charge >= 0.3 is 0 Å². The third-order valence-corrected chi connectivity index (χ3v) is 0.728. The van der Waals surface area contributed by atoms with Crippen molar-refractivity contribution in [2.24, 2.45) is 4.99 Å². The minimum Gasteiger partial charge on any atom is -0.373 e. The van der Waals surface area contributed by atoms with Crippen molar-refractivity contribution in [3.63, 3.8) is 0 Å². The van der Waals surface area contributed by atoms with Crippen LogP contribution >= 0.6 is 0 Å². The van der Waals surface area contributed by atoms with E-state index < -0.39 is 0 Å². The van der Waals surface area contributed by atoms with Crippen LogP contribution in [0.4, 0.5) is 0 Å². The summed E-state index contributed by atoms with van der Waals surface area (Å²) in [7, 11) is 1.73. The largest absolute Gasteiger partial charge is 0.373 e. The average molecular weight is 124 g/mol. The van der Waals surface area contributed by atoms with Gasteiger partial charge in [0.2, 0.25) is 0 Å². The highest BCUT2D eigenvalue weighted by molar-refractivity contribution is 5.53. The molecule has 0 aliphatic rings. The van der Waals surface area contributed by atoms with Crippen LogP contribution in [-0.4, -0.2) is 19.9 Å². The van der Waals surface area contributed by atoms with Gasteiger partial charge in [0.1, 0.15) is 0 Å². The Morgan fingerprint density at radius 2 is 2.44 bits per heavy atom. The van der Waals surface area contributed by atoms with Crippen LogP contribution in [0.2, 0.25) is 0 Å². The summed E-state index contributed by atoms with van der Waals surface area (Å²) in [5.74, 6) is 0. The number of nitrogens with one attached hydrogen (secondary N) is 1. The van der Waals surface area contributed by atoms with Gasteiger partial charge in [0.15, 0.2) is 0 Å². The lowest BCUT2D eigenvalue weighted by atomic mass is 10.5. The van der Waals surface area contributed by atoms with E-state index in [1.165, 1.54) is 0 Å². The Morgan fingerprint density at radius 1 is 1.67 bits per heavy atom. The molecule has 0 rings (SSSR count). The molecule has 9 heavy (non-hydrogen) atoms. The first-order valence-electron chi connectivity index (χ1n) is 2.83. The summed E-state index contributed by atoms with van der Waals surface area (Å²) in [4.78, 5) is 3.74. The molecule has 0 spiro atoms. The van der Waals surface area contributed by atoms with E-state index in [4.69, 9.17) is 0 Å². The van der Waals surface area contributed by atoms with Gasteiger partial charge < -0.3 is 5.32 Å². The van der Waals surface area contributed by atoms with E-state index in [9.17, 15) is 0 Å². The van der Waals surface area contributed by atoms with Gasteiger partial charge in [-0.2, -0.15) is 0 Å². The predicted molar refractivity (Wildman–Crippen MR) is 41.8 cm³/mol. The van der Waals surface area contributed by atoms with Crippen LogP contribution < -0.4 is 5.32 Å². The SMILES string of the molecule is C=C/C=C\CNC=NC. The fourth-order valence-corrected chi connectivity index (χ4v) is 0.376. The van der Waals surface area contributed by atoms with Crippen molar-refractivity contribution in [1.82, 2.24) is 5.32 Å². The minimum atomic E-state index is 0.809. The van der Waals surface area contributed by atoms with E-state index >= 15 is 0 Å². The maximum absolute atomic E-state index is 3.74. The van der Waals surface area contributed by atoms with Crippen molar-refractivity contribution in [1.29, 1.82) is 0 Å². The molecular formula is C7H12N2. The van der Waals surface area contributed by atoms with Gasteiger partial charge in [-0.25, -0.2) is 0 Å². The van der Waals surface area contributed by atoms with Gasteiger partial charge in [0.05, 0.1) is 6.34 Å². The molecule has 0 aromatic heterocycles. The van der Waals surface area contributed by atoms with E-state index in [2.05, 4.69) is 16.9 Å². The lowest BCUT2D eigenvalue weighted by molar-refractivity contribution is 1.06. The molecule has 2 heteroatoms. The van der Waals surface area contributed by atoms with Crippen molar-refractivity contribution >= 4 is 6.34 Å². The van der Waals surface area contributed by atoms with Gasteiger partial charge in [-0.3, -0.25) is 4.99 Å². The minimum absolute atomic E-state index is 0.809. The summed E-state index contributed by atoms with van der Waals surface area (Å²) in [6.45, 7) is 4.34. The molecule has 0 aliphatic carbocycles. The number of hydrogen-bond acceptors (Lipinski definition) is 1. The summed E-state index contributed by atoms with van der Waals surface area (Å²) in [5.41, 5.74) is 0. The predicted octanol–water partition coefficient (Wildman–Crippen LogP) is 0.976. The first-order valence-corrected chi connectivity index (χ1v) is 2.83. The standard InChI is InChI=1S/C7H12N2/c1-3-4-5-6-9-7-8-2/h3-5,7H,1,6H2,2H3,(H,8,9)/b5-4-. The third kappa shape index (κ3) is 6.95. The van der Waals surface area contributed by atoms with Crippen molar-refractivity contribution in [3.05, 3.63) is 24.8 Å². The van der Waals surface area contributed by atoms with Crippen molar-refractivity contribution < 1.29 is 0 Å². The maximum Gasteiger partial charge on any atom is 0.0822 e. The summed E-state index contributed by atoms with van der Waals surface area (Å²) < 4.78 is 0. The number of nitrogens with zero attached hydrogens (tertiary/aromatic N) is 1. The molecule has 0 unspecified atom stereocenters. The Bertz CT molecular complexity index is 114. The van der Waals surface area contributed by atoms with Crippen LogP contribution in [-0.2, 0) is 0 Å². The van der Waals surface area contributed by atoms with Crippen LogP contribution in [0, 0.1) is 0 Å². The molecule has 0 fully saturated rings. The van der Waals surface area contributed by atoms with Crippen LogP contribution in [0.3, 0.4) is 0 Å². The monoisotopic (exact) mass is 124 g/mol. The molecule has 0 heterocycles. The molecule has 0 aliphatic heterocycles. The molecule has 0 bridgehead atoms. The Kier molecular flexibility index (Phi) is 6.14. The zero-order valence-electron chi connectivity index (χ0n) is 5.67. The molecule has 0 radical (unpaired) electrons. The molecule has 0 aromatic rings. The lowest BCUT2D eigenvalue weighted by Gasteiger charge is -1.88. The van der Waals surface area contributed by atoms with E-state index in [1.54, 1.807) is 19.5 Å². The fourth-order valence-electron chi connectivity index (χ4n) is 0.376. The highest BCUT2D eigenvalue weighted by Gasteiger charge is 1.67. The quantitative estimate of drug-likeness (QED) is 0.257. The van der Waals surface area contributed by atoms with Gasteiger partial charge in [0, 0.05) is 13.6 Å². The topological polar surface area (TPSA) is 24.4 Å². The second-order valence-electron chi connectivity index (χ2n) is 1.46. The molecule has 50 valence electrons. The third-order valence-electron chi connectivity index (χ3n) is 0.728. The summed E-state index contributed by atoms with van der Waals surface area (Å²) in [5, 5.41) is 2.94. The first-order chi connectivity index (χ1) is 4.41. The van der Waals surface area contributed by atoms with Gasteiger partial charge in [-0.1, -0.05) is 24.8 Å². The molecular weight excluding hydrogens is 112 g/mol. The van der Waals surface area contributed by atoms with Gasteiger partial charge in [-0.05, 0) is 0 Å². The maximum atomic E-state index is 3.74. The van der Waals surface area contributed by atoms with E-state index in [-0.39, 0.29) is 0 Å². The molecule has 2 nitrogen and oxygen atoms in total. The van der Waals surface area contributed by atoms with E-state index in [0.717, 1.165) is 6.54 Å². The van der Waals surface area contributed by atoms with Crippen LogP contribution in [0.5, 0.6) is 0 Å². The van der Waals surface area contributed by atoms with Gasteiger partial charge in [0.25, 0.3) is 0 Å². The Morgan fingerprint density at radius 3 is 3.00 bits per heavy atom. The molecule has 0 atom stereocenters. The van der Waals surface area contributed by atoms with Crippen LogP contribution in [0.15, 0.2) is 29.8 Å². The van der Waals surface area contributed by atoms with E-state index in [1.807, 2.05) is 12.2 Å². The summed E-state index contributed by atoms with van der Waals surface area (Å²) in [6, 6.07) is 0. The molecule has 0 amide bonds. The number of allylic oxidation sites excluding steroid dienone is 2. The van der Waals surface area contributed by atoms with Crippen molar-refractivity contribution in [3.8, 4) is 0 Å². The van der Waals surface area contributed by atoms with Crippen LogP contribution in [0.1, 0.15) is 0 Å². The molecule has 0 aromatic carbocycles. The summed E-state index contributed by atoms with van der Waals surface area (Å²) in [6.07, 6.45) is 7.25. The highest BCUT2D eigenvalue weighted by atomic mass is 14.9. The first kappa shape index (κ1) is 7.95.